The number of nitrogen functional groups attached to an aromatic ring is 1. The van der Waals surface area contributed by atoms with Crippen molar-refractivity contribution in [2.24, 2.45) is 5.73 Å². The Morgan fingerprint density at radius 1 is 1.16 bits per heavy atom. The lowest BCUT2D eigenvalue weighted by Gasteiger charge is -2.12. The van der Waals surface area contributed by atoms with Gasteiger partial charge in [0.25, 0.3) is 0 Å². The third-order valence-corrected chi connectivity index (χ3v) is 4.15. The molecular weight excluding hydrogens is 372 g/mol. The van der Waals surface area contributed by atoms with E-state index in [9.17, 15) is 0 Å². The van der Waals surface area contributed by atoms with Crippen LogP contribution in [0.3, 0.4) is 0 Å². The summed E-state index contributed by atoms with van der Waals surface area (Å²) < 4.78 is 7.59. The van der Waals surface area contributed by atoms with Gasteiger partial charge in [0.15, 0.2) is 0 Å². The maximum Gasteiger partial charge on any atom is 0.139 e. The maximum atomic E-state index is 7.62. The molecule has 0 aromatic heterocycles. The van der Waals surface area contributed by atoms with Gasteiger partial charge < -0.3 is 10.5 Å². The summed E-state index contributed by atoms with van der Waals surface area (Å²) in [7, 11) is 0. The summed E-state index contributed by atoms with van der Waals surface area (Å²) >= 11 is 6.83. The van der Waals surface area contributed by atoms with Crippen LogP contribution in [0.4, 0.5) is 0 Å². The number of nitrogens with two attached hydrogens (primary N) is 1. The fourth-order valence-electron chi connectivity index (χ4n) is 1.66. The summed E-state index contributed by atoms with van der Waals surface area (Å²) in [5.74, 6) is 1.24. The number of halogens is 2. The van der Waals surface area contributed by atoms with E-state index in [2.05, 4.69) is 31.9 Å². The standard InChI is InChI=1S/C14H12Br2N2O/c1-8-7-9(5-6-10(8)15)19-12-4-2-3-11(16)13(12)14(17)18/h2-7H,1H3,(H3,17,18). The molecule has 98 valence electrons. The van der Waals surface area contributed by atoms with Crippen molar-refractivity contribution in [3.8, 4) is 11.5 Å². The molecule has 0 bridgehead atoms. The van der Waals surface area contributed by atoms with Crippen LogP contribution in [0, 0.1) is 12.3 Å². The van der Waals surface area contributed by atoms with Crippen molar-refractivity contribution in [2.75, 3.05) is 0 Å². The molecule has 3 nitrogen and oxygen atoms in total. The Morgan fingerprint density at radius 3 is 2.53 bits per heavy atom. The highest BCUT2D eigenvalue weighted by molar-refractivity contribution is 9.10. The van der Waals surface area contributed by atoms with Crippen LogP contribution in [-0.4, -0.2) is 5.84 Å². The monoisotopic (exact) mass is 382 g/mol. The summed E-state index contributed by atoms with van der Waals surface area (Å²) in [4.78, 5) is 0. The first-order valence-electron chi connectivity index (χ1n) is 5.56. The van der Waals surface area contributed by atoms with Crippen LogP contribution in [0.2, 0.25) is 0 Å². The summed E-state index contributed by atoms with van der Waals surface area (Å²) in [5.41, 5.74) is 7.23. The van der Waals surface area contributed by atoms with E-state index < -0.39 is 0 Å². The van der Waals surface area contributed by atoms with Gasteiger partial charge in [0, 0.05) is 8.95 Å². The Kier molecular flexibility index (Phi) is 4.27. The van der Waals surface area contributed by atoms with Crippen LogP contribution in [0.1, 0.15) is 11.1 Å². The molecule has 0 unspecified atom stereocenters. The number of ether oxygens (including phenoxy) is 1. The second-order valence-corrected chi connectivity index (χ2v) is 5.75. The van der Waals surface area contributed by atoms with Crippen LogP contribution < -0.4 is 10.5 Å². The third kappa shape index (κ3) is 3.16. The molecule has 0 aliphatic heterocycles. The predicted octanol–water partition coefficient (Wildman–Crippen LogP) is 4.60. The molecule has 3 N–H and O–H groups in total. The van der Waals surface area contributed by atoms with Crippen molar-refractivity contribution in [2.45, 2.75) is 6.92 Å². The number of benzene rings is 2. The Hall–Kier alpha value is -1.33. The molecular formula is C14H12Br2N2O. The molecule has 2 aromatic rings. The number of hydrogen-bond donors (Lipinski definition) is 2. The van der Waals surface area contributed by atoms with E-state index in [0.717, 1.165) is 14.5 Å². The van der Waals surface area contributed by atoms with E-state index >= 15 is 0 Å². The van der Waals surface area contributed by atoms with E-state index in [0.29, 0.717) is 17.1 Å². The molecule has 0 fully saturated rings. The second kappa shape index (κ2) is 5.75. The van der Waals surface area contributed by atoms with Crippen molar-refractivity contribution in [1.29, 1.82) is 5.41 Å². The van der Waals surface area contributed by atoms with Crippen LogP contribution in [0.15, 0.2) is 45.3 Å². The molecule has 0 aliphatic rings. The zero-order chi connectivity index (χ0) is 14.0. The summed E-state index contributed by atoms with van der Waals surface area (Å²) in [6.45, 7) is 1.99. The number of aryl methyl sites for hydroxylation is 1. The van der Waals surface area contributed by atoms with Crippen molar-refractivity contribution < 1.29 is 4.74 Å². The first kappa shape index (κ1) is 14.1. The lowest BCUT2D eigenvalue weighted by Crippen LogP contribution is -2.13. The smallest absolute Gasteiger partial charge is 0.139 e. The highest BCUT2D eigenvalue weighted by atomic mass is 79.9. The maximum absolute atomic E-state index is 7.62. The van der Waals surface area contributed by atoms with Gasteiger partial charge in [0.2, 0.25) is 0 Å². The first-order valence-corrected chi connectivity index (χ1v) is 7.14. The Balaban J connectivity index is 2.40. The Labute approximate surface area is 128 Å². The molecule has 0 radical (unpaired) electrons. The lowest BCUT2D eigenvalue weighted by atomic mass is 10.2. The minimum atomic E-state index is -0.0312. The Bertz CT molecular complexity index is 641. The van der Waals surface area contributed by atoms with Crippen molar-refractivity contribution in [1.82, 2.24) is 0 Å². The van der Waals surface area contributed by atoms with Crippen LogP contribution >= 0.6 is 31.9 Å². The fraction of sp³-hybridized carbons (Fsp3) is 0.0714. The highest BCUT2D eigenvalue weighted by Gasteiger charge is 2.11. The zero-order valence-electron chi connectivity index (χ0n) is 10.2. The van der Waals surface area contributed by atoms with E-state index in [1.165, 1.54) is 0 Å². The fourth-order valence-corrected chi connectivity index (χ4v) is 2.47. The van der Waals surface area contributed by atoms with E-state index in [1.807, 2.05) is 37.3 Å². The summed E-state index contributed by atoms with van der Waals surface area (Å²) in [6, 6.07) is 11.2. The van der Waals surface area contributed by atoms with Gasteiger partial charge in [0.05, 0.1) is 5.56 Å². The SMILES string of the molecule is Cc1cc(Oc2cccc(Br)c2C(=N)N)ccc1Br. The average molecular weight is 384 g/mol. The second-order valence-electron chi connectivity index (χ2n) is 4.04. The van der Waals surface area contributed by atoms with Gasteiger partial charge >= 0.3 is 0 Å². The quantitative estimate of drug-likeness (QED) is 0.601. The van der Waals surface area contributed by atoms with Crippen molar-refractivity contribution >= 4 is 37.7 Å². The molecule has 0 spiro atoms. The highest BCUT2D eigenvalue weighted by Crippen LogP contribution is 2.31. The summed E-state index contributed by atoms with van der Waals surface area (Å²) in [5, 5.41) is 7.62. The van der Waals surface area contributed by atoms with Gasteiger partial charge in [-0.3, -0.25) is 5.41 Å². The lowest BCUT2D eigenvalue weighted by molar-refractivity contribution is 0.480. The van der Waals surface area contributed by atoms with Crippen LogP contribution in [-0.2, 0) is 0 Å². The topological polar surface area (TPSA) is 59.1 Å². The predicted molar refractivity (Wildman–Crippen MR) is 84.1 cm³/mol. The van der Waals surface area contributed by atoms with Crippen molar-refractivity contribution in [3.63, 3.8) is 0 Å². The van der Waals surface area contributed by atoms with Gasteiger partial charge in [0.1, 0.15) is 17.3 Å². The molecule has 0 heterocycles. The van der Waals surface area contributed by atoms with Gasteiger partial charge in [-0.1, -0.05) is 22.0 Å². The van der Waals surface area contributed by atoms with Crippen LogP contribution in [0.25, 0.3) is 0 Å². The van der Waals surface area contributed by atoms with Crippen molar-refractivity contribution in [3.05, 3.63) is 56.5 Å². The number of nitrogens with one attached hydrogen (secondary N) is 1. The molecule has 0 saturated carbocycles. The van der Waals surface area contributed by atoms with E-state index in [1.54, 1.807) is 6.07 Å². The molecule has 19 heavy (non-hydrogen) atoms. The molecule has 2 rings (SSSR count). The largest absolute Gasteiger partial charge is 0.457 e. The van der Waals surface area contributed by atoms with E-state index in [4.69, 9.17) is 15.9 Å². The number of rotatable bonds is 3. The minimum Gasteiger partial charge on any atom is -0.457 e. The molecule has 0 aliphatic carbocycles. The van der Waals surface area contributed by atoms with E-state index in [-0.39, 0.29) is 5.84 Å². The van der Waals surface area contributed by atoms with Gasteiger partial charge in [-0.25, -0.2) is 0 Å². The normalized spacial score (nSPS) is 10.3. The molecule has 0 atom stereocenters. The van der Waals surface area contributed by atoms with Gasteiger partial charge in [-0.2, -0.15) is 0 Å². The Morgan fingerprint density at radius 2 is 1.89 bits per heavy atom. The summed E-state index contributed by atoms with van der Waals surface area (Å²) in [6.07, 6.45) is 0. The van der Waals surface area contributed by atoms with Crippen LogP contribution in [0.5, 0.6) is 11.5 Å². The van der Waals surface area contributed by atoms with Gasteiger partial charge in [-0.05, 0) is 58.7 Å². The van der Waals surface area contributed by atoms with Gasteiger partial charge in [-0.15, -0.1) is 0 Å². The molecule has 0 amide bonds. The minimum absolute atomic E-state index is 0.0312. The molecule has 0 saturated heterocycles. The third-order valence-electron chi connectivity index (χ3n) is 2.60. The molecule has 5 heteroatoms. The number of amidine groups is 1. The average Bonchev–Trinajstić information content (AvgIpc) is 2.33. The first-order chi connectivity index (χ1) is 8.99. The molecule has 2 aromatic carbocycles. The number of hydrogen-bond acceptors (Lipinski definition) is 2. The zero-order valence-corrected chi connectivity index (χ0v) is 13.4.